The molecule has 2 aromatic carbocycles. The first-order valence-electron chi connectivity index (χ1n) is 4.92. The second kappa shape index (κ2) is 5.01. The zero-order valence-electron chi connectivity index (χ0n) is 8.76. The number of phenolic OH excluding ortho intramolecular Hbond substituents is 1. The first-order chi connectivity index (χ1) is 8.16. The second-order valence-electron chi connectivity index (χ2n) is 3.36. The first kappa shape index (κ1) is 11.7. The second-order valence-corrected chi connectivity index (χ2v) is 4.28. The molecular formula is C13H9BrO3. The molecule has 4 heteroatoms. The van der Waals surface area contributed by atoms with E-state index in [0.717, 1.165) is 0 Å². The summed E-state index contributed by atoms with van der Waals surface area (Å²) < 4.78 is 5.81. The van der Waals surface area contributed by atoms with Gasteiger partial charge in [-0.25, -0.2) is 4.79 Å². The number of benzene rings is 2. The Balaban J connectivity index is 2.21. The van der Waals surface area contributed by atoms with Crippen LogP contribution in [0.3, 0.4) is 0 Å². The highest BCUT2D eigenvalue weighted by atomic mass is 79.9. The summed E-state index contributed by atoms with van der Waals surface area (Å²) in [5, 5.41) is 9.61. The van der Waals surface area contributed by atoms with Crippen molar-refractivity contribution in [3.63, 3.8) is 0 Å². The van der Waals surface area contributed by atoms with E-state index in [2.05, 4.69) is 15.9 Å². The van der Waals surface area contributed by atoms with E-state index in [-0.39, 0.29) is 11.3 Å². The van der Waals surface area contributed by atoms with Crippen LogP contribution in [0, 0.1) is 0 Å². The third-order valence-electron chi connectivity index (χ3n) is 2.13. The number of ether oxygens (including phenoxy) is 1. The SMILES string of the molecule is O=C(Oc1ccccc1)c1ccc(Br)cc1O. The molecule has 0 heterocycles. The van der Waals surface area contributed by atoms with E-state index in [1.165, 1.54) is 12.1 Å². The van der Waals surface area contributed by atoms with Crippen LogP contribution in [0.25, 0.3) is 0 Å². The maximum absolute atomic E-state index is 11.7. The van der Waals surface area contributed by atoms with Crippen molar-refractivity contribution >= 4 is 21.9 Å². The van der Waals surface area contributed by atoms with Gasteiger partial charge in [0, 0.05) is 4.47 Å². The van der Waals surface area contributed by atoms with E-state index < -0.39 is 5.97 Å². The molecule has 3 nitrogen and oxygen atoms in total. The van der Waals surface area contributed by atoms with Gasteiger partial charge in [-0.1, -0.05) is 34.1 Å². The van der Waals surface area contributed by atoms with Crippen molar-refractivity contribution in [1.82, 2.24) is 0 Å². The van der Waals surface area contributed by atoms with Crippen LogP contribution in [-0.2, 0) is 0 Å². The van der Waals surface area contributed by atoms with E-state index in [9.17, 15) is 9.90 Å². The van der Waals surface area contributed by atoms with Gasteiger partial charge in [-0.15, -0.1) is 0 Å². The third-order valence-corrected chi connectivity index (χ3v) is 2.63. The Morgan fingerprint density at radius 1 is 1.12 bits per heavy atom. The summed E-state index contributed by atoms with van der Waals surface area (Å²) in [6.07, 6.45) is 0. The van der Waals surface area contributed by atoms with E-state index in [4.69, 9.17) is 4.74 Å². The van der Waals surface area contributed by atoms with Gasteiger partial charge in [0.05, 0.1) is 0 Å². The minimum Gasteiger partial charge on any atom is -0.507 e. The quantitative estimate of drug-likeness (QED) is 0.682. The summed E-state index contributed by atoms with van der Waals surface area (Å²) >= 11 is 3.20. The molecule has 0 bridgehead atoms. The molecule has 0 saturated carbocycles. The van der Waals surface area contributed by atoms with Crippen molar-refractivity contribution in [2.45, 2.75) is 0 Å². The van der Waals surface area contributed by atoms with Gasteiger partial charge in [0.1, 0.15) is 17.1 Å². The van der Waals surface area contributed by atoms with Crippen molar-refractivity contribution in [2.75, 3.05) is 0 Å². The van der Waals surface area contributed by atoms with Crippen molar-refractivity contribution < 1.29 is 14.6 Å². The zero-order valence-corrected chi connectivity index (χ0v) is 10.3. The normalized spacial score (nSPS) is 9.94. The fourth-order valence-corrected chi connectivity index (χ4v) is 1.68. The smallest absolute Gasteiger partial charge is 0.347 e. The molecule has 2 rings (SSSR count). The number of carbonyl (C=O) groups excluding carboxylic acids is 1. The van der Waals surface area contributed by atoms with Gasteiger partial charge in [-0.05, 0) is 30.3 Å². The molecule has 86 valence electrons. The van der Waals surface area contributed by atoms with Gasteiger partial charge in [0.25, 0.3) is 0 Å². The predicted octanol–water partition coefficient (Wildman–Crippen LogP) is 3.37. The fraction of sp³-hybridized carbons (Fsp3) is 0. The van der Waals surface area contributed by atoms with Gasteiger partial charge in [0.15, 0.2) is 0 Å². The highest BCUT2D eigenvalue weighted by Gasteiger charge is 2.13. The highest BCUT2D eigenvalue weighted by molar-refractivity contribution is 9.10. The molecule has 0 aliphatic heterocycles. The van der Waals surface area contributed by atoms with E-state index in [0.29, 0.717) is 10.2 Å². The van der Waals surface area contributed by atoms with Gasteiger partial charge >= 0.3 is 5.97 Å². The van der Waals surface area contributed by atoms with Crippen LogP contribution in [0.15, 0.2) is 53.0 Å². The number of hydrogen-bond acceptors (Lipinski definition) is 3. The Bertz CT molecular complexity index is 538. The molecule has 1 N–H and O–H groups in total. The molecule has 0 atom stereocenters. The molecule has 0 spiro atoms. The third kappa shape index (κ3) is 2.85. The number of aromatic hydroxyl groups is 1. The topological polar surface area (TPSA) is 46.5 Å². The number of para-hydroxylation sites is 1. The minimum atomic E-state index is -0.582. The average Bonchev–Trinajstić information content (AvgIpc) is 2.30. The maximum Gasteiger partial charge on any atom is 0.347 e. The van der Waals surface area contributed by atoms with Crippen molar-refractivity contribution in [1.29, 1.82) is 0 Å². The largest absolute Gasteiger partial charge is 0.507 e. The predicted molar refractivity (Wildman–Crippen MR) is 67.2 cm³/mol. The summed E-state index contributed by atoms with van der Waals surface area (Å²) in [5.74, 6) is -0.249. The van der Waals surface area contributed by atoms with Crippen LogP contribution in [-0.4, -0.2) is 11.1 Å². The van der Waals surface area contributed by atoms with Crippen LogP contribution in [0.2, 0.25) is 0 Å². The summed E-state index contributed by atoms with van der Waals surface area (Å²) in [7, 11) is 0. The Morgan fingerprint density at radius 3 is 2.47 bits per heavy atom. The monoisotopic (exact) mass is 292 g/mol. The lowest BCUT2D eigenvalue weighted by Crippen LogP contribution is -2.08. The summed E-state index contributed by atoms with van der Waals surface area (Å²) in [6, 6.07) is 13.3. The Labute approximate surface area is 107 Å². The van der Waals surface area contributed by atoms with Gasteiger partial charge in [0.2, 0.25) is 0 Å². The number of esters is 1. The van der Waals surface area contributed by atoms with Crippen LogP contribution < -0.4 is 4.74 Å². The van der Waals surface area contributed by atoms with E-state index in [1.54, 1.807) is 30.3 Å². The Hall–Kier alpha value is -1.81. The molecule has 2 aromatic rings. The average molecular weight is 293 g/mol. The lowest BCUT2D eigenvalue weighted by atomic mass is 10.2. The number of hydrogen-bond donors (Lipinski definition) is 1. The number of rotatable bonds is 2. The highest BCUT2D eigenvalue weighted by Crippen LogP contribution is 2.23. The van der Waals surface area contributed by atoms with Gasteiger partial charge < -0.3 is 9.84 Å². The zero-order chi connectivity index (χ0) is 12.3. The Kier molecular flexibility index (Phi) is 3.44. The lowest BCUT2D eigenvalue weighted by molar-refractivity contribution is 0.0731. The molecular weight excluding hydrogens is 284 g/mol. The standard InChI is InChI=1S/C13H9BrO3/c14-9-6-7-11(12(15)8-9)13(16)17-10-4-2-1-3-5-10/h1-8,15H. The van der Waals surface area contributed by atoms with Crippen LogP contribution in [0.1, 0.15) is 10.4 Å². The summed E-state index contributed by atoms with van der Waals surface area (Å²) in [6.45, 7) is 0. The first-order valence-corrected chi connectivity index (χ1v) is 5.72. The van der Waals surface area contributed by atoms with Crippen molar-refractivity contribution in [2.24, 2.45) is 0 Å². The molecule has 0 amide bonds. The molecule has 0 saturated heterocycles. The fourth-order valence-electron chi connectivity index (χ4n) is 1.33. The maximum atomic E-state index is 11.7. The number of carbonyl (C=O) groups is 1. The molecule has 0 aliphatic carbocycles. The molecule has 17 heavy (non-hydrogen) atoms. The molecule has 0 aliphatic rings. The van der Waals surface area contributed by atoms with E-state index in [1.807, 2.05) is 6.07 Å². The van der Waals surface area contributed by atoms with Gasteiger partial charge in [-0.2, -0.15) is 0 Å². The van der Waals surface area contributed by atoms with Gasteiger partial charge in [-0.3, -0.25) is 0 Å². The number of phenols is 1. The van der Waals surface area contributed by atoms with Crippen LogP contribution >= 0.6 is 15.9 Å². The summed E-state index contributed by atoms with van der Waals surface area (Å²) in [5.41, 5.74) is 0.136. The molecule has 0 radical (unpaired) electrons. The van der Waals surface area contributed by atoms with Crippen molar-refractivity contribution in [3.8, 4) is 11.5 Å². The number of halogens is 1. The molecule has 0 aromatic heterocycles. The minimum absolute atomic E-state index is 0.111. The van der Waals surface area contributed by atoms with Crippen molar-refractivity contribution in [3.05, 3.63) is 58.6 Å². The van der Waals surface area contributed by atoms with E-state index >= 15 is 0 Å². The Morgan fingerprint density at radius 2 is 1.82 bits per heavy atom. The molecule has 0 fully saturated rings. The molecule has 0 unspecified atom stereocenters. The summed E-state index contributed by atoms with van der Waals surface area (Å²) in [4.78, 5) is 11.7. The van der Waals surface area contributed by atoms with Crippen LogP contribution in [0.5, 0.6) is 11.5 Å². The lowest BCUT2D eigenvalue weighted by Gasteiger charge is -2.05. The van der Waals surface area contributed by atoms with Crippen LogP contribution in [0.4, 0.5) is 0 Å².